The van der Waals surface area contributed by atoms with E-state index in [2.05, 4.69) is 179 Å². The van der Waals surface area contributed by atoms with Gasteiger partial charge >= 0.3 is 28.1 Å². The zero-order valence-electron chi connectivity index (χ0n) is 30.0. The van der Waals surface area contributed by atoms with E-state index in [9.17, 15) is 0 Å². The maximum Gasteiger partial charge on any atom is 0.0267 e. The van der Waals surface area contributed by atoms with E-state index < -0.39 is 0 Å². The van der Waals surface area contributed by atoms with Crippen LogP contribution in [0.15, 0.2) is 176 Å². The molecule has 2 aliphatic rings. The molecular formula is C49H33BrCoN5. The Bertz CT molecular complexity index is 2420. The van der Waals surface area contributed by atoms with Gasteiger partial charge in [0.15, 0.2) is 0 Å². The van der Waals surface area contributed by atoms with Gasteiger partial charge < -0.3 is 9.97 Å². The number of hydrogen-bond donors (Lipinski definition) is 0. The summed E-state index contributed by atoms with van der Waals surface area (Å²) in [5, 5.41) is 0. The summed E-state index contributed by atoms with van der Waals surface area (Å²) in [6.07, 6.45) is 11.9. The van der Waals surface area contributed by atoms with Crippen molar-refractivity contribution in [1.29, 1.82) is 0 Å². The zero-order valence-corrected chi connectivity index (χ0v) is 32.6. The number of fused-ring (bicyclic) bond motifs is 8. The molecule has 0 spiro atoms. The van der Waals surface area contributed by atoms with Crippen LogP contribution < -0.4 is 9.97 Å². The molecule has 0 fully saturated rings. The SMILES string of the molecule is C1=Cc2nc1c(-c1ccccc1)c1ccc([n-]1)c(-c1ccccc1)c1nc(c(-c3ccccc3)c3ccc([n-]3)c2-c2ccccc2)C=C1.[Co+2][Br].c1ccncc1. The smallest absolute Gasteiger partial charge is 0.0267 e. The molecule has 8 bridgehead atoms. The molecule has 0 unspecified atom stereocenters. The number of hydrogen-bond acceptors (Lipinski definition) is 3. The van der Waals surface area contributed by atoms with Gasteiger partial charge in [0.25, 0.3) is 0 Å². The molecule has 4 aromatic carbocycles. The molecule has 5 nitrogen and oxygen atoms in total. The van der Waals surface area contributed by atoms with Crippen molar-refractivity contribution in [2.45, 2.75) is 0 Å². The molecule has 2 aliphatic heterocycles. The van der Waals surface area contributed by atoms with Crippen LogP contribution in [0.25, 0.3) is 90.9 Å². The van der Waals surface area contributed by atoms with Gasteiger partial charge in [0, 0.05) is 12.4 Å². The van der Waals surface area contributed by atoms with Gasteiger partial charge in [0.2, 0.25) is 0 Å². The van der Waals surface area contributed by atoms with Gasteiger partial charge in [0.05, 0.1) is 22.8 Å². The number of nitrogens with zero attached hydrogens (tertiary/aromatic N) is 5. The predicted molar refractivity (Wildman–Crippen MR) is 232 cm³/mol. The van der Waals surface area contributed by atoms with Gasteiger partial charge in [0.1, 0.15) is 0 Å². The van der Waals surface area contributed by atoms with Crippen LogP contribution in [0.5, 0.6) is 0 Å². The Hall–Kier alpha value is -6.38. The van der Waals surface area contributed by atoms with Gasteiger partial charge in [-0.25, -0.2) is 9.97 Å². The van der Waals surface area contributed by atoms with Crippen molar-refractivity contribution in [3.63, 3.8) is 0 Å². The van der Waals surface area contributed by atoms with Crippen molar-refractivity contribution >= 4 is 60.5 Å². The minimum Gasteiger partial charge on any atom is -0.265 e. The number of halogens is 1. The van der Waals surface area contributed by atoms with Crippen molar-refractivity contribution in [1.82, 2.24) is 24.9 Å². The number of benzene rings is 4. The van der Waals surface area contributed by atoms with Gasteiger partial charge in [-0.3, -0.25) is 4.98 Å². The minimum atomic E-state index is 0.861. The molecular weight excluding hydrogens is 797 g/mol. The molecule has 6 heterocycles. The molecule has 0 atom stereocenters. The fraction of sp³-hybridized carbons (Fsp3) is 0. The van der Waals surface area contributed by atoms with E-state index in [1.54, 1.807) is 12.4 Å². The van der Waals surface area contributed by atoms with Crippen molar-refractivity contribution in [2.24, 2.45) is 0 Å². The predicted octanol–water partition coefficient (Wildman–Crippen LogP) is 12.5. The van der Waals surface area contributed by atoms with Gasteiger partial charge in [-0.05, 0) is 80.9 Å². The summed E-state index contributed by atoms with van der Waals surface area (Å²) in [6.45, 7) is 0. The van der Waals surface area contributed by atoms with Crippen molar-refractivity contribution in [2.75, 3.05) is 0 Å². The normalized spacial score (nSPS) is 11.2. The third kappa shape index (κ3) is 7.74. The molecule has 0 saturated carbocycles. The molecule has 0 saturated heterocycles. The average Bonchev–Trinajstić information content (AvgIpc) is 4.12. The maximum atomic E-state index is 5.31. The molecule has 0 N–H and O–H groups in total. The molecule has 0 aliphatic carbocycles. The van der Waals surface area contributed by atoms with Crippen molar-refractivity contribution in [3.8, 4) is 44.5 Å². The second kappa shape index (κ2) is 17.4. The maximum absolute atomic E-state index is 5.31. The standard InChI is InChI=1S/C44H28N4.C5H5N.BrH.Co/c1-5-13-29(14-6-1)41-33-21-23-35(45-33)42(30-15-7-2-8-16-30)37-25-27-39(47-37)44(32-19-11-4-12-20-32)40-28-26-38(48-40)43(31-17-9-3-10-18-31)36-24-22-34(41)46-36;1-2-4-6-5-3-1;;/h1-28H;1-5H;1H;/q-2;;;+3/p-1. The van der Waals surface area contributed by atoms with Crippen LogP contribution in [-0.2, 0) is 13.9 Å². The first-order valence-electron chi connectivity index (χ1n) is 18.1. The molecule has 0 amide bonds. The van der Waals surface area contributed by atoms with Crippen LogP contribution in [0, 0.1) is 0 Å². The second-order valence-electron chi connectivity index (χ2n) is 12.9. The van der Waals surface area contributed by atoms with Gasteiger partial charge in [-0.15, -0.1) is 22.1 Å². The number of aromatic nitrogens is 5. The fourth-order valence-electron chi connectivity index (χ4n) is 7.00. The molecule has 0 radical (unpaired) electrons. The second-order valence-corrected chi connectivity index (χ2v) is 12.9. The van der Waals surface area contributed by atoms with Crippen LogP contribution in [0.2, 0.25) is 0 Å². The zero-order chi connectivity index (χ0) is 38.1. The van der Waals surface area contributed by atoms with E-state index in [-0.39, 0.29) is 0 Å². The fourth-order valence-corrected chi connectivity index (χ4v) is 7.00. The summed E-state index contributed by atoms with van der Waals surface area (Å²) in [4.78, 5) is 25.0. The largest absolute Gasteiger partial charge is 0.265 e. The first kappa shape index (κ1) is 36.6. The van der Waals surface area contributed by atoms with E-state index in [0.717, 1.165) is 89.4 Å². The van der Waals surface area contributed by atoms with Crippen LogP contribution in [0.3, 0.4) is 0 Å². The summed E-state index contributed by atoms with van der Waals surface area (Å²) in [5.41, 5.74) is 15.0. The van der Waals surface area contributed by atoms with E-state index in [1.807, 2.05) is 42.5 Å². The third-order valence-corrected chi connectivity index (χ3v) is 9.43. The molecule has 270 valence electrons. The quantitative estimate of drug-likeness (QED) is 0.177. The van der Waals surface area contributed by atoms with Gasteiger partial charge in [-0.1, -0.05) is 152 Å². The first-order valence-corrected chi connectivity index (χ1v) is 20.6. The summed E-state index contributed by atoms with van der Waals surface area (Å²) in [6, 6.07) is 55.7. The molecule has 10 rings (SSSR count). The summed E-state index contributed by atoms with van der Waals surface area (Å²) in [7, 11) is 0. The molecule has 4 aromatic heterocycles. The first-order chi connectivity index (χ1) is 27.8. The van der Waals surface area contributed by atoms with E-state index in [1.165, 1.54) is 0 Å². The topological polar surface area (TPSA) is 66.9 Å². The molecule has 8 aromatic rings. The minimum absolute atomic E-state index is 0.861. The summed E-state index contributed by atoms with van der Waals surface area (Å²) >= 11 is 6.00. The Labute approximate surface area is 341 Å². The van der Waals surface area contributed by atoms with Crippen molar-refractivity contribution < 1.29 is 13.9 Å². The Morgan fingerprint density at radius 3 is 0.786 bits per heavy atom. The molecule has 7 heteroatoms. The Balaban J connectivity index is 0.000000500. The Morgan fingerprint density at radius 1 is 0.321 bits per heavy atom. The van der Waals surface area contributed by atoms with Crippen LogP contribution in [0.4, 0.5) is 0 Å². The van der Waals surface area contributed by atoms with E-state index >= 15 is 0 Å². The number of pyridine rings is 1. The van der Waals surface area contributed by atoms with Crippen LogP contribution in [0.1, 0.15) is 22.8 Å². The Kier molecular flexibility index (Phi) is 11.4. The summed E-state index contributed by atoms with van der Waals surface area (Å²) in [5.74, 6) is 0. The summed E-state index contributed by atoms with van der Waals surface area (Å²) < 4.78 is 0. The Morgan fingerprint density at radius 2 is 0.571 bits per heavy atom. The van der Waals surface area contributed by atoms with Gasteiger partial charge in [-0.2, -0.15) is 0 Å². The average molecular weight is 831 g/mol. The number of rotatable bonds is 4. The van der Waals surface area contributed by atoms with Crippen LogP contribution >= 0.6 is 14.2 Å². The monoisotopic (exact) mass is 829 g/mol. The van der Waals surface area contributed by atoms with Crippen LogP contribution in [-0.4, -0.2) is 15.0 Å². The molecule has 56 heavy (non-hydrogen) atoms. The van der Waals surface area contributed by atoms with E-state index in [4.69, 9.17) is 19.9 Å². The third-order valence-electron chi connectivity index (χ3n) is 9.43. The van der Waals surface area contributed by atoms with Crippen molar-refractivity contribution in [3.05, 3.63) is 199 Å². The van der Waals surface area contributed by atoms with E-state index in [0.29, 0.717) is 0 Å².